The summed E-state index contributed by atoms with van der Waals surface area (Å²) in [7, 11) is 0. The quantitative estimate of drug-likeness (QED) is 0.506. The van der Waals surface area contributed by atoms with Gasteiger partial charge >= 0.3 is 0 Å². The summed E-state index contributed by atoms with van der Waals surface area (Å²) in [6, 6.07) is 0. The van der Waals surface area contributed by atoms with E-state index in [0.29, 0.717) is 18.1 Å². The molecule has 0 aliphatic rings. The van der Waals surface area contributed by atoms with Crippen molar-refractivity contribution in [1.82, 2.24) is 5.32 Å². The number of nitroso groups, excluding NO2 is 1. The van der Waals surface area contributed by atoms with Crippen LogP contribution in [0.3, 0.4) is 0 Å². The number of nitrogens with zero attached hydrogens (tertiary/aromatic N) is 1. The van der Waals surface area contributed by atoms with Crippen LogP contribution >= 0.6 is 11.8 Å². The van der Waals surface area contributed by atoms with Gasteiger partial charge in [-0.3, -0.25) is 4.79 Å². The molecule has 0 aliphatic heterocycles. The van der Waals surface area contributed by atoms with Gasteiger partial charge in [0.05, 0.1) is 13.2 Å². The number of hydrogen-bond donors (Lipinski definition) is 3. The first kappa shape index (κ1) is 17.3. The van der Waals surface area contributed by atoms with Crippen LogP contribution in [0.4, 0.5) is 0 Å². The largest absolute Gasteiger partial charge is 0.394 e. The van der Waals surface area contributed by atoms with Gasteiger partial charge in [0.1, 0.15) is 12.1 Å². The van der Waals surface area contributed by atoms with Gasteiger partial charge in [0.15, 0.2) is 0 Å². The van der Waals surface area contributed by atoms with Crippen molar-refractivity contribution in [2.45, 2.75) is 37.5 Å². The molecular weight excluding hydrogens is 256 g/mol. The molecule has 18 heavy (non-hydrogen) atoms. The average molecular weight is 278 g/mol. The van der Waals surface area contributed by atoms with E-state index in [-0.39, 0.29) is 12.5 Å². The standard InChI is InChI=1S/C11H22N2O4S/c1-3-18-9(2)4-5-10(16)13-11(7-14,8-15)6-12-17/h9,14-15H,3-8H2,1-2H3,(H,13,16). The number of aliphatic hydroxyl groups excluding tert-OH is 2. The van der Waals surface area contributed by atoms with Gasteiger partial charge in [-0.15, -0.1) is 0 Å². The Labute approximate surface area is 112 Å². The molecule has 0 saturated heterocycles. The van der Waals surface area contributed by atoms with Crippen molar-refractivity contribution in [3.63, 3.8) is 0 Å². The Bertz CT molecular complexity index is 259. The first-order valence-corrected chi connectivity index (χ1v) is 7.02. The summed E-state index contributed by atoms with van der Waals surface area (Å²) in [4.78, 5) is 21.9. The van der Waals surface area contributed by atoms with Crippen LogP contribution in [-0.4, -0.2) is 52.4 Å². The second kappa shape index (κ2) is 9.29. The molecule has 1 unspecified atom stereocenters. The zero-order valence-electron chi connectivity index (χ0n) is 10.9. The third-order valence-electron chi connectivity index (χ3n) is 2.61. The van der Waals surface area contributed by atoms with Crippen molar-refractivity contribution in [3.05, 3.63) is 4.91 Å². The van der Waals surface area contributed by atoms with Crippen LogP contribution in [0.15, 0.2) is 5.18 Å². The molecule has 0 rings (SSSR count). The lowest BCUT2D eigenvalue weighted by Gasteiger charge is -2.28. The zero-order chi connectivity index (χ0) is 14.0. The maximum atomic E-state index is 11.7. The molecule has 106 valence electrons. The smallest absolute Gasteiger partial charge is 0.220 e. The molecule has 0 bridgehead atoms. The molecule has 0 aromatic carbocycles. The molecule has 7 heteroatoms. The first-order chi connectivity index (χ1) is 8.53. The van der Waals surface area contributed by atoms with E-state index in [9.17, 15) is 9.70 Å². The fourth-order valence-corrected chi connectivity index (χ4v) is 2.31. The fraction of sp³-hybridized carbons (Fsp3) is 0.909. The number of amides is 1. The lowest BCUT2D eigenvalue weighted by atomic mass is 10.0. The van der Waals surface area contributed by atoms with E-state index in [1.807, 2.05) is 6.92 Å². The maximum Gasteiger partial charge on any atom is 0.220 e. The second-order valence-corrected chi connectivity index (χ2v) is 5.95. The van der Waals surface area contributed by atoms with E-state index in [1.54, 1.807) is 11.8 Å². The molecule has 0 heterocycles. The minimum Gasteiger partial charge on any atom is -0.394 e. The highest BCUT2D eigenvalue weighted by molar-refractivity contribution is 7.99. The highest BCUT2D eigenvalue weighted by Crippen LogP contribution is 2.15. The van der Waals surface area contributed by atoms with E-state index >= 15 is 0 Å². The van der Waals surface area contributed by atoms with Crippen LogP contribution in [-0.2, 0) is 4.79 Å². The van der Waals surface area contributed by atoms with Crippen molar-refractivity contribution in [3.8, 4) is 0 Å². The van der Waals surface area contributed by atoms with E-state index < -0.39 is 18.8 Å². The van der Waals surface area contributed by atoms with Crippen LogP contribution in [0.2, 0.25) is 0 Å². The normalized spacial score (nSPS) is 13.1. The van der Waals surface area contributed by atoms with Gasteiger partial charge in [0.25, 0.3) is 0 Å². The monoisotopic (exact) mass is 278 g/mol. The molecule has 0 fully saturated rings. The highest BCUT2D eigenvalue weighted by atomic mass is 32.2. The van der Waals surface area contributed by atoms with Crippen molar-refractivity contribution in [2.75, 3.05) is 25.5 Å². The lowest BCUT2D eigenvalue weighted by Crippen LogP contribution is -2.56. The van der Waals surface area contributed by atoms with Crippen molar-refractivity contribution < 1.29 is 15.0 Å². The third kappa shape index (κ3) is 6.32. The molecule has 6 nitrogen and oxygen atoms in total. The van der Waals surface area contributed by atoms with Crippen molar-refractivity contribution in [2.24, 2.45) is 5.18 Å². The Morgan fingerprint density at radius 2 is 2.06 bits per heavy atom. The van der Waals surface area contributed by atoms with Gasteiger partial charge in [0.2, 0.25) is 5.91 Å². The van der Waals surface area contributed by atoms with E-state index in [0.717, 1.165) is 5.75 Å². The van der Waals surface area contributed by atoms with E-state index in [4.69, 9.17) is 10.2 Å². The molecule has 0 aromatic heterocycles. The van der Waals surface area contributed by atoms with Gasteiger partial charge in [-0.05, 0) is 12.2 Å². The molecule has 0 spiro atoms. The molecule has 3 N–H and O–H groups in total. The second-order valence-electron chi connectivity index (χ2n) is 4.24. The first-order valence-electron chi connectivity index (χ1n) is 5.97. The SMILES string of the molecule is CCSC(C)CCC(=O)NC(CO)(CO)CN=O. The van der Waals surface area contributed by atoms with Gasteiger partial charge in [-0.25, -0.2) is 0 Å². The summed E-state index contributed by atoms with van der Waals surface area (Å²) in [6.45, 7) is 2.73. The minimum atomic E-state index is -1.33. The number of carbonyl (C=O) groups is 1. The van der Waals surface area contributed by atoms with Crippen molar-refractivity contribution in [1.29, 1.82) is 0 Å². The summed E-state index contributed by atoms with van der Waals surface area (Å²) >= 11 is 1.77. The molecule has 0 aliphatic carbocycles. The third-order valence-corrected chi connectivity index (χ3v) is 3.74. The summed E-state index contributed by atoms with van der Waals surface area (Å²) in [5.41, 5.74) is -1.33. The number of carbonyl (C=O) groups excluding carboxylic acids is 1. The Morgan fingerprint density at radius 1 is 1.44 bits per heavy atom. The number of hydrogen-bond acceptors (Lipinski definition) is 6. The summed E-state index contributed by atoms with van der Waals surface area (Å²) < 4.78 is 0. The van der Waals surface area contributed by atoms with Crippen LogP contribution < -0.4 is 5.32 Å². The van der Waals surface area contributed by atoms with Gasteiger partial charge in [-0.2, -0.15) is 16.7 Å². The zero-order valence-corrected chi connectivity index (χ0v) is 11.7. The summed E-state index contributed by atoms with van der Waals surface area (Å²) in [6.07, 6.45) is 1.01. The number of thioether (sulfide) groups is 1. The maximum absolute atomic E-state index is 11.7. The van der Waals surface area contributed by atoms with Gasteiger partial charge in [0, 0.05) is 11.7 Å². The van der Waals surface area contributed by atoms with Gasteiger partial charge in [-0.1, -0.05) is 19.0 Å². The molecule has 1 amide bonds. The van der Waals surface area contributed by atoms with Crippen LogP contribution in [0.5, 0.6) is 0 Å². The molecule has 0 aromatic rings. The molecule has 0 saturated carbocycles. The topological polar surface area (TPSA) is 99.0 Å². The average Bonchev–Trinajstić information content (AvgIpc) is 2.36. The molecular formula is C11H22N2O4S. The fourth-order valence-electron chi connectivity index (χ4n) is 1.45. The number of nitrogens with one attached hydrogen (secondary N) is 1. The number of rotatable bonds is 10. The summed E-state index contributed by atoms with van der Waals surface area (Å²) in [5, 5.41) is 23.8. The molecule has 1 atom stereocenters. The molecule has 0 radical (unpaired) electrons. The van der Waals surface area contributed by atoms with Crippen LogP contribution in [0, 0.1) is 4.91 Å². The highest BCUT2D eigenvalue weighted by Gasteiger charge is 2.31. The van der Waals surface area contributed by atoms with Crippen LogP contribution in [0.1, 0.15) is 26.7 Å². The number of aliphatic hydroxyl groups is 2. The minimum absolute atomic E-state index is 0.287. The van der Waals surface area contributed by atoms with Gasteiger partial charge < -0.3 is 15.5 Å². The Hall–Kier alpha value is -0.660. The van der Waals surface area contributed by atoms with Crippen LogP contribution in [0.25, 0.3) is 0 Å². The van der Waals surface area contributed by atoms with Crippen molar-refractivity contribution >= 4 is 17.7 Å². The predicted octanol–water partition coefficient (Wildman–Crippen LogP) is 0.514. The Morgan fingerprint density at radius 3 is 2.50 bits per heavy atom. The predicted molar refractivity (Wildman–Crippen MR) is 72.5 cm³/mol. The lowest BCUT2D eigenvalue weighted by molar-refractivity contribution is -0.124. The van der Waals surface area contributed by atoms with E-state index in [1.165, 1.54) is 0 Å². The Kier molecular flexibility index (Phi) is 8.95. The van der Waals surface area contributed by atoms with E-state index in [2.05, 4.69) is 17.4 Å². The summed E-state index contributed by atoms with van der Waals surface area (Å²) in [5.74, 6) is 0.708. The Balaban J connectivity index is 4.21.